The van der Waals surface area contributed by atoms with Gasteiger partial charge in [-0.05, 0) is 30.2 Å². The lowest BCUT2D eigenvalue weighted by atomic mass is 10.1. The Hall–Kier alpha value is -3.75. The van der Waals surface area contributed by atoms with E-state index in [4.69, 9.17) is 4.74 Å². The van der Waals surface area contributed by atoms with Gasteiger partial charge in [-0.1, -0.05) is 6.07 Å². The van der Waals surface area contributed by atoms with Gasteiger partial charge < -0.3 is 9.72 Å². The fraction of sp³-hybridized carbons (Fsp3) is 0.250. The molecule has 5 rings (SSSR count). The fourth-order valence-electron chi connectivity index (χ4n) is 3.75. The lowest BCUT2D eigenvalue weighted by Gasteiger charge is -2.32. The number of piperidine rings is 1. The first-order valence-corrected chi connectivity index (χ1v) is 9.27. The Kier molecular flexibility index (Phi) is 3.83. The Morgan fingerprint density at radius 1 is 1.03 bits per heavy atom. The Labute approximate surface area is 165 Å². The molecule has 0 aliphatic carbocycles. The van der Waals surface area contributed by atoms with Gasteiger partial charge in [-0.2, -0.15) is 9.99 Å². The molecule has 2 aliphatic rings. The van der Waals surface area contributed by atoms with E-state index in [1.807, 2.05) is 12.1 Å². The van der Waals surface area contributed by atoms with Crippen molar-refractivity contribution in [2.75, 3.05) is 7.11 Å². The van der Waals surface area contributed by atoms with Crippen molar-refractivity contribution in [1.82, 2.24) is 25.0 Å². The lowest BCUT2D eigenvalue weighted by Crippen LogP contribution is -2.51. The second kappa shape index (κ2) is 6.40. The van der Waals surface area contributed by atoms with Gasteiger partial charge in [0.25, 0.3) is 5.91 Å². The van der Waals surface area contributed by atoms with Gasteiger partial charge in [0.05, 0.1) is 19.2 Å². The van der Waals surface area contributed by atoms with Gasteiger partial charge in [0, 0.05) is 30.0 Å². The number of hydrogen-bond acceptors (Lipinski definition) is 6. The molecule has 0 bridgehead atoms. The van der Waals surface area contributed by atoms with E-state index in [0.717, 1.165) is 21.7 Å². The highest BCUT2D eigenvalue weighted by molar-refractivity contribution is 6.04. The third-order valence-corrected chi connectivity index (χ3v) is 5.19. The average Bonchev–Trinajstić information content (AvgIpc) is 3.28. The summed E-state index contributed by atoms with van der Waals surface area (Å²) in [5.74, 6) is 0.0761. The number of methoxy groups -OCH3 is 1. The zero-order valence-corrected chi connectivity index (χ0v) is 15.6. The van der Waals surface area contributed by atoms with Gasteiger partial charge in [0.1, 0.15) is 5.82 Å². The minimum absolute atomic E-state index is 0.172. The van der Waals surface area contributed by atoms with Crippen molar-refractivity contribution in [3.05, 3.63) is 41.5 Å². The zero-order valence-electron chi connectivity index (χ0n) is 15.6. The first kappa shape index (κ1) is 17.4. The van der Waals surface area contributed by atoms with Crippen molar-refractivity contribution in [3.63, 3.8) is 0 Å². The second-order valence-electron chi connectivity index (χ2n) is 7.00. The van der Waals surface area contributed by atoms with E-state index >= 15 is 0 Å². The Morgan fingerprint density at radius 3 is 2.59 bits per heavy atom. The van der Waals surface area contributed by atoms with E-state index in [1.54, 1.807) is 25.3 Å². The van der Waals surface area contributed by atoms with E-state index in [9.17, 15) is 14.4 Å². The first-order chi connectivity index (χ1) is 14.0. The van der Waals surface area contributed by atoms with E-state index in [0.29, 0.717) is 29.3 Å². The van der Waals surface area contributed by atoms with Crippen molar-refractivity contribution in [3.8, 4) is 17.3 Å². The summed E-state index contributed by atoms with van der Waals surface area (Å²) in [7, 11) is 1.54. The molecule has 0 radical (unpaired) electrons. The largest absolute Gasteiger partial charge is 0.481 e. The number of nitrogens with zero attached hydrogens (tertiary/aromatic N) is 4. The number of pyridine rings is 1. The van der Waals surface area contributed by atoms with E-state index in [-0.39, 0.29) is 37.1 Å². The summed E-state index contributed by atoms with van der Waals surface area (Å²) in [6.45, 7) is 0.172. The monoisotopic (exact) mass is 391 g/mol. The number of hydrazine groups is 1. The fourth-order valence-corrected chi connectivity index (χ4v) is 3.75. The van der Waals surface area contributed by atoms with Crippen molar-refractivity contribution in [2.45, 2.75) is 25.8 Å². The SMILES string of the molecule is COc1ccc2[nH]c(-c3ccc4c(c3)CN(N3C(=O)CCCC3=O)C4=O)nc2n1. The van der Waals surface area contributed by atoms with E-state index in [1.165, 1.54) is 5.01 Å². The highest BCUT2D eigenvalue weighted by atomic mass is 16.5. The van der Waals surface area contributed by atoms with Crippen LogP contribution in [0, 0.1) is 0 Å². The second-order valence-corrected chi connectivity index (χ2v) is 7.00. The molecule has 1 aromatic carbocycles. The molecule has 4 heterocycles. The predicted molar refractivity (Wildman–Crippen MR) is 101 cm³/mol. The predicted octanol–water partition coefficient (Wildman–Crippen LogP) is 2.04. The van der Waals surface area contributed by atoms with Gasteiger partial charge in [-0.3, -0.25) is 14.4 Å². The van der Waals surface area contributed by atoms with Crippen LogP contribution in [-0.4, -0.2) is 49.8 Å². The van der Waals surface area contributed by atoms with Crippen LogP contribution >= 0.6 is 0 Å². The number of rotatable bonds is 3. The van der Waals surface area contributed by atoms with Crippen LogP contribution in [0.15, 0.2) is 30.3 Å². The minimum Gasteiger partial charge on any atom is -0.481 e. The smallest absolute Gasteiger partial charge is 0.273 e. The number of H-pyrrole nitrogens is 1. The molecule has 1 saturated heterocycles. The van der Waals surface area contributed by atoms with Crippen LogP contribution < -0.4 is 4.74 Å². The number of amides is 3. The van der Waals surface area contributed by atoms with Gasteiger partial charge in [0.15, 0.2) is 5.65 Å². The number of imide groups is 1. The number of aromatic amines is 1. The molecule has 2 aliphatic heterocycles. The maximum absolute atomic E-state index is 12.8. The van der Waals surface area contributed by atoms with Crippen molar-refractivity contribution in [2.24, 2.45) is 0 Å². The summed E-state index contributed by atoms with van der Waals surface area (Å²) < 4.78 is 5.13. The van der Waals surface area contributed by atoms with Gasteiger partial charge in [-0.15, -0.1) is 0 Å². The van der Waals surface area contributed by atoms with E-state index < -0.39 is 0 Å². The number of fused-ring (bicyclic) bond motifs is 2. The molecule has 146 valence electrons. The van der Waals surface area contributed by atoms with Crippen LogP contribution in [0.5, 0.6) is 5.88 Å². The molecule has 1 N–H and O–H groups in total. The number of ether oxygens (including phenoxy) is 1. The van der Waals surface area contributed by atoms with E-state index in [2.05, 4.69) is 15.0 Å². The minimum atomic E-state index is -0.342. The summed E-state index contributed by atoms with van der Waals surface area (Å²) in [5, 5.41) is 2.24. The number of carbonyl (C=O) groups is 3. The molecular weight excluding hydrogens is 374 g/mol. The van der Waals surface area contributed by atoms with Crippen LogP contribution in [0.3, 0.4) is 0 Å². The molecular formula is C20H17N5O4. The van der Waals surface area contributed by atoms with Crippen LogP contribution in [-0.2, 0) is 16.1 Å². The maximum atomic E-state index is 12.8. The van der Waals surface area contributed by atoms with Gasteiger partial charge >= 0.3 is 0 Å². The van der Waals surface area contributed by atoms with Crippen molar-refractivity contribution in [1.29, 1.82) is 0 Å². The summed E-state index contributed by atoms with van der Waals surface area (Å²) >= 11 is 0. The number of carbonyl (C=O) groups excluding carboxylic acids is 3. The molecule has 3 aromatic rings. The first-order valence-electron chi connectivity index (χ1n) is 9.27. The Morgan fingerprint density at radius 2 is 1.83 bits per heavy atom. The molecule has 0 unspecified atom stereocenters. The molecule has 2 aromatic heterocycles. The van der Waals surface area contributed by atoms with Crippen LogP contribution in [0.25, 0.3) is 22.6 Å². The molecule has 29 heavy (non-hydrogen) atoms. The standard InChI is InChI=1S/C20H17N5O4/c1-29-15-8-7-14-19(22-15)23-18(21-14)11-5-6-13-12(9-11)10-24(20(13)28)25-16(26)3-2-4-17(25)27/h5-9H,2-4,10H2,1H3,(H,21,22,23). The highest BCUT2D eigenvalue weighted by Crippen LogP contribution is 2.31. The summed E-state index contributed by atoms with van der Waals surface area (Å²) in [5.41, 5.74) is 3.30. The summed E-state index contributed by atoms with van der Waals surface area (Å²) in [6.07, 6.45) is 1.07. The normalized spacial score (nSPS) is 16.7. The quantitative estimate of drug-likeness (QED) is 0.685. The molecule has 0 spiro atoms. The average molecular weight is 391 g/mol. The number of hydrogen-bond donors (Lipinski definition) is 1. The Balaban J connectivity index is 1.48. The lowest BCUT2D eigenvalue weighted by molar-refractivity contribution is -0.163. The van der Waals surface area contributed by atoms with Crippen molar-refractivity contribution < 1.29 is 19.1 Å². The molecule has 9 heteroatoms. The number of aromatic nitrogens is 3. The molecule has 1 fully saturated rings. The number of imidazole rings is 1. The molecule has 0 atom stereocenters. The topological polar surface area (TPSA) is 108 Å². The molecule has 3 amide bonds. The van der Waals surface area contributed by atoms with Crippen LogP contribution in [0.4, 0.5) is 0 Å². The van der Waals surface area contributed by atoms with Crippen molar-refractivity contribution >= 4 is 28.9 Å². The van der Waals surface area contributed by atoms with Gasteiger partial charge in [0.2, 0.25) is 17.7 Å². The number of nitrogens with one attached hydrogen (secondary N) is 1. The number of benzene rings is 1. The zero-order chi connectivity index (χ0) is 20.1. The molecule has 9 nitrogen and oxygen atoms in total. The third kappa shape index (κ3) is 2.74. The summed E-state index contributed by atoms with van der Waals surface area (Å²) in [6, 6.07) is 8.92. The Bertz CT molecular complexity index is 1170. The van der Waals surface area contributed by atoms with Gasteiger partial charge in [-0.25, -0.2) is 9.99 Å². The van der Waals surface area contributed by atoms with Crippen LogP contribution in [0.1, 0.15) is 35.2 Å². The molecule has 0 saturated carbocycles. The van der Waals surface area contributed by atoms with Crippen LogP contribution in [0.2, 0.25) is 0 Å². The summed E-state index contributed by atoms with van der Waals surface area (Å²) in [4.78, 5) is 49.2. The third-order valence-electron chi connectivity index (χ3n) is 5.19. The maximum Gasteiger partial charge on any atom is 0.273 e. The highest BCUT2D eigenvalue weighted by Gasteiger charge is 2.39.